The molecule has 0 fully saturated rings. The second-order valence-electron chi connectivity index (χ2n) is 4.80. The van der Waals surface area contributed by atoms with Crippen LogP contribution in [0.1, 0.15) is 11.4 Å². The van der Waals surface area contributed by atoms with Crippen LogP contribution in [0.3, 0.4) is 0 Å². The highest BCUT2D eigenvalue weighted by molar-refractivity contribution is 5.90. The molecule has 2 heterocycles. The lowest BCUT2D eigenvalue weighted by atomic mass is 10.1. The molecule has 110 valence electrons. The summed E-state index contributed by atoms with van der Waals surface area (Å²) >= 11 is 0. The predicted octanol–water partition coefficient (Wildman–Crippen LogP) is 2.62. The third kappa shape index (κ3) is 3.35. The van der Waals surface area contributed by atoms with Crippen molar-refractivity contribution in [1.29, 1.82) is 0 Å². The van der Waals surface area contributed by atoms with E-state index in [2.05, 4.69) is 20.4 Å². The van der Waals surface area contributed by atoms with Crippen molar-refractivity contribution in [2.75, 3.05) is 5.32 Å². The van der Waals surface area contributed by atoms with Crippen molar-refractivity contribution < 1.29 is 9.32 Å². The summed E-state index contributed by atoms with van der Waals surface area (Å²) in [6, 6.07) is 13.1. The lowest BCUT2D eigenvalue weighted by Crippen LogP contribution is -2.16. The molecule has 0 bridgehead atoms. The van der Waals surface area contributed by atoms with Gasteiger partial charge in [-0.1, -0.05) is 35.5 Å². The largest absolute Gasteiger partial charge is 0.356 e. The van der Waals surface area contributed by atoms with E-state index in [4.69, 9.17) is 4.52 Å². The maximum atomic E-state index is 12.0. The van der Waals surface area contributed by atoms with Crippen molar-refractivity contribution in [2.45, 2.75) is 13.3 Å². The molecular weight excluding hydrogens is 280 g/mol. The van der Waals surface area contributed by atoms with Crippen molar-refractivity contribution in [1.82, 2.24) is 15.1 Å². The van der Waals surface area contributed by atoms with Crippen molar-refractivity contribution in [2.24, 2.45) is 0 Å². The molecule has 0 atom stereocenters. The smallest absolute Gasteiger partial charge is 0.232 e. The normalized spacial score (nSPS) is 10.4. The lowest BCUT2D eigenvalue weighted by Gasteiger charge is -2.01. The summed E-state index contributed by atoms with van der Waals surface area (Å²) in [7, 11) is 0. The molecule has 6 heteroatoms. The number of rotatable bonds is 4. The molecule has 0 spiro atoms. The first-order valence-electron chi connectivity index (χ1n) is 6.81. The molecule has 0 aliphatic rings. The first-order chi connectivity index (χ1) is 10.7. The van der Waals surface area contributed by atoms with Crippen LogP contribution in [0.5, 0.6) is 0 Å². The van der Waals surface area contributed by atoms with Gasteiger partial charge in [-0.05, 0) is 13.0 Å². The Morgan fingerprint density at radius 2 is 2.05 bits per heavy atom. The van der Waals surface area contributed by atoms with Gasteiger partial charge in [0, 0.05) is 23.5 Å². The minimum atomic E-state index is -0.237. The molecule has 22 heavy (non-hydrogen) atoms. The number of aromatic nitrogens is 3. The fraction of sp³-hybridized carbons (Fsp3) is 0.125. The predicted molar refractivity (Wildman–Crippen MR) is 81.0 cm³/mol. The van der Waals surface area contributed by atoms with E-state index in [9.17, 15) is 4.79 Å². The molecule has 2 aromatic heterocycles. The topological polar surface area (TPSA) is 80.9 Å². The van der Waals surface area contributed by atoms with Gasteiger partial charge in [0.2, 0.25) is 11.9 Å². The summed E-state index contributed by atoms with van der Waals surface area (Å²) in [5, 5.41) is 6.55. The van der Waals surface area contributed by atoms with E-state index in [0.29, 0.717) is 11.5 Å². The highest BCUT2D eigenvalue weighted by atomic mass is 16.5. The van der Waals surface area contributed by atoms with Gasteiger partial charge in [-0.3, -0.25) is 10.1 Å². The van der Waals surface area contributed by atoms with Gasteiger partial charge in [-0.25, -0.2) is 9.97 Å². The first-order valence-corrected chi connectivity index (χ1v) is 6.81. The number of hydrogen-bond donors (Lipinski definition) is 1. The summed E-state index contributed by atoms with van der Waals surface area (Å²) in [6.07, 6.45) is 1.70. The van der Waals surface area contributed by atoms with Crippen LogP contribution in [0.4, 0.5) is 5.95 Å². The second kappa shape index (κ2) is 6.17. The molecule has 0 unspecified atom stereocenters. The standard InChI is InChI=1S/C16H14N4O2/c1-11-7-8-17-16(18-11)19-15(21)10-13-9-14(22-20-13)12-5-3-2-4-6-12/h2-9H,10H2,1H3,(H,17,18,19,21). The maximum Gasteiger partial charge on any atom is 0.232 e. The van der Waals surface area contributed by atoms with E-state index in [1.165, 1.54) is 0 Å². The molecule has 3 rings (SSSR count). The zero-order valence-corrected chi connectivity index (χ0v) is 12.0. The minimum Gasteiger partial charge on any atom is -0.356 e. The Morgan fingerprint density at radius 3 is 2.82 bits per heavy atom. The Labute approximate surface area is 127 Å². The highest BCUT2D eigenvalue weighted by Crippen LogP contribution is 2.19. The zero-order valence-electron chi connectivity index (χ0n) is 12.0. The molecule has 3 aromatic rings. The van der Waals surface area contributed by atoms with Crippen LogP contribution in [0.2, 0.25) is 0 Å². The van der Waals surface area contributed by atoms with Crippen molar-refractivity contribution in [3.8, 4) is 11.3 Å². The van der Waals surface area contributed by atoms with Crippen LogP contribution in [0, 0.1) is 6.92 Å². The number of amides is 1. The average Bonchev–Trinajstić information content (AvgIpc) is 2.96. The molecule has 1 aromatic carbocycles. The van der Waals surface area contributed by atoms with Gasteiger partial charge in [-0.2, -0.15) is 0 Å². The van der Waals surface area contributed by atoms with Gasteiger partial charge in [0.25, 0.3) is 0 Å². The fourth-order valence-electron chi connectivity index (χ4n) is 1.98. The van der Waals surface area contributed by atoms with Crippen molar-refractivity contribution >= 4 is 11.9 Å². The molecular formula is C16H14N4O2. The lowest BCUT2D eigenvalue weighted by molar-refractivity contribution is -0.115. The molecule has 0 aliphatic heterocycles. The fourth-order valence-corrected chi connectivity index (χ4v) is 1.98. The number of anilines is 1. The second-order valence-corrected chi connectivity index (χ2v) is 4.80. The number of carbonyl (C=O) groups is 1. The van der Waals surface area contributed by atoms with Gasteiger partial charge in [0.15, 0.2) is 5.76 Å². The summed E-state index contributed by atoms with van der Waals surface area (Å²) < 4.78 is 5.26. The number of hydrogen-bond acceptors (Lipinski definition) is 5. The van der Waals surface area contributed by atoms with Gasteiger partial charge >= 0.3 is 0 Å². The Kier molecular flexibility index (Phi) is 3.91. The number of benzene rings is 1. The summed E-state index contributed by atoms with van der Waals surface area (Å²) in [5.41, 5.74) is 2.27. The van der Waals surface area contributed by atoms with E-state index < -0.39 is 0 Å². The van der Waals surface area contributed by atoms with Gasteiger partial charge < -0.3 is 4.52 Å². The van der Waals surface area contributed by atoms with Gasteiger partial charge in [0.1, 0.15) is 0 Å². The quantitative estimate of drug-likeness (QED) is 0.800. The van der Waals surface area contributed by atoms with Crippen LogP contribution in [-0.4, -0.2) is 21.0 Å². The van der Waals surface area contributed by atoms with E-state index in [1.54, 1.807) is 18.3 Å². The molecule has 0 radical (unpaired) electrons. The summed E-state index contributed by atoms with van der Waals surface area (Å²) in [6.45, 7) is 1.83. The van der Waals surface area contributed by atoms with Crippen LogP contribution in [0.15, 0.2) is 53.2 Å². The van der Waals surface area contributed by atoms with Crippen LogP contribution in [0.25, 0.3) is 11.3 Å². The molecule has 0 saturated heterocycles. The monoisotopic (exact) mass is 294 g/mol. The average molecular weight is 294 g/mol. The van der Waals surface area contributed by atoms with E-state index >= 15 is 0 Å². The highest BCUT2D eigenvalue weighted by Gasteiger charge is 2.11. The molecule has 0 aliphatic carbocycles. The molecule has 0 saturated carbocycles. The van der Waals surface area contributed by atoms with Crippen molar-refractivity contribution in [3.63, 3.8) is 0 Å². The zero-order chi connectivity index (χ0) is 15.4. The minimum absolute atomic E-state index is 0.105. The van der Waals surface area contributed by atoms with E-state index in [-0.39, 0.29) is 18.3 Å². The third-order valence-corrected chi connectivity index (χ3v) is 3.00. The van der Waals surface area contributed by atoms with Crippen LogP contribution < -0.4 is 5.32 Å². The van der Waals surface area contributed by atoms with Crippen molar-refractivity contribution in [3.05, 3.63) is 60.0 Å². The Bertz CT molecular complexity index is 784. The Morgan fingerprint density at radius 1 is 1.23 bits per heavy atom. The number of nitrogens with zero attached hydrogens (tertiary/aromatic N) is 3. The maximum absolute atomic E-state index is 12.0. The molecule has 1 N–H and O–H groups in total. The first kappa shape index (κ1) is 13.9. The number of aryl methyl sites for hydroxylation is 1. The number of nitrogens with one attached hydrogen (secondary N) is 1. The third-order valence-electron chi connectivity index (χ3n) is 3.00. The van der Waals surface area contributed by atoms with Crippen LogP contribution >= 0.6 is 0 Å². The van der Waals surface area contributed by atoms with Crippen LogP contribution in [-0.2, 0) is 11.2 Å². The summed E-state index contributed by atoms with van der Waals surface area (Å²) in [4.78, 5) is 20.1. The number of carbonyl (C=O) groups excluding carboxylic acids is 1. The molecule has 6 nitrogen and oxygen atoms in total. The Hall–Kier alpha value is -3.02. The molecule has 1 amide bonds. The van der Waals surface area contributed by atoms with E-state index in [0.717, 1.165) is 11.3 Å². The Balaban J connectivity index is 1.66. The van der Waals surface area contributed by atoms with Gasteiger partial charge in [0.05, 0.1) is 12.1 Å². The van der Waals surface area contributed by atoms with E-state index in [1.807, 2.05) is 37.3 Å². The SMILES string of the molecule is Cc1ccnc(NC(=O)Cc2cc(-c3ccccc3)on2)n1. The van der Waals surface area contributed by atoms with Gasteiger partial charge in [-0.15, -0.1) is 0 Å². The summed E-state index contributed by atoms with van der Waals surface area (Å²) in [5.74, 6) is 0.686.